The quantitative estimate of drug-likeness (QED) is 0.924. The van der Waals surface area contributed by atoms with Gasteiger partial charge in [0, 0.05) is 30.7 Å². The van der Waals surface area contributed by atoms with E-state index in [1.807, 2.05) is 18.2 Å². The van der Waals surface area contributed by atoms with Gasteiger partial charge >= 0.3 is 0 Å². The summed E-state index contributed by atoms with van der Waals surface area (Å²) in [6.45, 7) is 9.99. The number of rotatable bonds is 4. The molecule has 3 atom stereocenters. The minimum Gasteiger partial charge on any atom is -0.508 e. The van der Waals surface area contributed by atoms with Crippen molar-refractivity contribution in [3.8, 4) is 5.75 Å². The Morgan fingerprint density at radius 1 is 0.958 bits per heavy atom. The van der Waals surface area contributed by atoms with E-state index >= 15 is 0 Å². The van der Waals surface area contributed by atoms with Crippen molar-refractivity contribution in [1.29, 1.82) is 0 Å². The highest BCUT2D eigenvalue weighted by atomic mass is 16.3. The summed E-state index contributed by atoms with van der Waals surface area (Å²) in [6.07, 6.45) is 0. The Morgan fingerprint density at radius 2 is 1.62 bits per heavy atom. The molecule has 3 heteroatoms. The topological polar surface area (TPSA) is 26.7 Å². The largest absolute Gasteiger partial charge is 0.508 e. The van der Waals surface area contributed by atoms with Crippen molar-refractivity contribution in [2.45, 2.75) is 38.9 Å². The Balaban J connectivity index is 2.01. The third-order valence-electron chi connectivity index (χ3n) is 5.25. The molecule has 0 spiro atoms. The van der Waals surface area contributed by atoms with Crippen LogP contribution in [-0.4, -0.2) is 46.6 Å². The molecule has 2 aromatic rings. The van der Waals surface area contributed by atoms with Gasteiger partial charge in [0.2, 0.25) is 0 Å². The van der Waals surface area contributed by atoms with Gasteiger partial charge in [-0.25, -0.2) is 0 Å². The summed E-state index contributed by atoms with van der Waals surface area (Å²) in [4.78, 5) is 5.08. The standard InChI is InChI=1S/C21H28N2O/c1-4-22-14-17(3)23(15-16(22)2)21(18-10-6-5-7-11-18)19-12-8-9-13-20(19)24/h5-13,16-17,21,24H,4,14-15H2,1-3H3/t16-,17+,21+/m0/s1. The molecule has 0 bridgehead atoms. The Kier molecular flexibility index (Phi) is 5.22. The van der Waals surface area contributed by atoms with E-state index in [2.05, 4.69) is 60.9 Å². The van der Waals surface area contributed by atoms with Crippen LogP contribution in [0.3, 0.4) is 0 Å². The summed E-state index contributed by atoms with van der Waals surface area (Å²) < 4.78 is 0. The van der Waals surface area contributed by atoms with Crippen LogP contribution in [0.5, 0.6) is 5.75 Å². The van der Waals surface area contributed by atoms with E-state index in [1.165, 1.54) is 5.56 Å². The number of hydrogen-bond acceptors (Lipinski definition) is 3. The predicted octanol–water partition coefficient (Wildman–Crippen LogP) is 3.90. The van der Waals surface area contributed by atoms with Crippen LogP contribution in [0.15, 0.2) is 54.6 Å². The zero-order chi connectivity index (χ0) is 17.1. The van der Waals surface area contributed by atoms with Crippen molar-refractivity contribution < 1.29 is 5.11 Å². The van der Waals surface area contributed by atoms with E-state index in [4.69, 9.17) is 0 Å². The van der Waals surface area contributed by atoms with E-state index in [0.29, 0.717) is 17.8 Å². The van der Waals surface area contributed by atoms with Gasteiger partial charge < -0.3 is 5.11 Å². The van der Waals surface area contributed by atoms with Gasteiger partial charge in [0.1, 0.15) is 5.75 Å². The van der Waals surface area contributed by atoms with Crippen molar-refractivity contribution in [1.82, 2.24) is 9.80 Å². The summed E-state index contributed by atoms with van der Waals surface area (Å²) >= 11 is 0. The van der Waals surface area contributed by atoms with Crippen LogP contribution in [0.2, 0.25) is 0 Å². The van der Waals surface area contributed by atoms with E-state index in [9.17, 15) is 5.11 Å². The van der Waals surface area contributed by atoms with E-state index in [1.54, 1.807) is 6.07 Å². The van der Waals surface area contributed by atoms with Crippen LogP contribution in [0.25, 0.3) is 0 Å². The molecule has 0 amide bonds. The molecule has 1 aliphatic heterocycles. The first-order valence-electron chi connectivity index (χ1n) is 8.94. The van der Waals surface area contributed by atoms with Crippen molar-refractivity contribution in [2.24, 2.45) is 0 Å². The zero-order valence-electron chi connectivity index (χ0n) is 14.9. The second-order valence-electron chi connectivity index (χ2n) is 6.85. The van der Waals surface area contributed by atoms with Crippen LogP contribution < -0.4 is 0 Å². The summed E-state index contributed by atoms with van der Waals surface area (Å²) in [5.41, 5.74) is 2.23. The second kappa shape index (κ2) is 7.37. The Morgan fingerprint density at radius 3 is 2.29 bits per heavy atom. The number of phenols is 1. The molecule has 1 N–H and O–H groups in total. The van der Waals surface area contributed by atoms with E-state index in [-0.39, 0.29) is 6.04 Å². The van der Waals surface area contributed by atoms with Crippen LogP contribution in [0.1, 0.15) is 37.9 Å². The molecule has 2 aromatic carbocycles. The van der Waals surface area contributed by atoms with Crippen LogP contribution >= 0.6 is 0 Å². The molecule has 0 unspecified atom stereocenters. The first-order valence-corrected chi connectivity index (χ1v) is 8.94. The maximum Gasteiger partial charge on any atom is 0.120 e. The van der Waals surface area contributed by atoms with Crippen molar-refractivity contribution in [2.75, 3.05) is 19.6 Å². The SMILES string of the molecule is CCN1C[C@@H](C)N([C@H](c2ccccc2)c2ccccc2O)C[C@@H]1C. The van der Waals surface area contributed by atoms with Gasteiger partial charge in [0.05, 0.1) is 6.04 Å². The maximum atomic E-state index is 10.5. The first-order chi connectivity index (χ1) is 11.6. The normalized spacial score (nSPS) is 24.0. The second-order valence-corrected chi connectivity index (χ2v) is 6.85. The highest BCUT2D eigenvalue weighted by Crippen LogP contribution is 2.36. The number of aromatic hydroxyl groups is 1. The third-order valence-corrected chi connectivity index (χ3v) is 5.25. The number of piperazine rings is 1. The van der Waals surface area contributed by atoms with E-state index in [0.717, 1.165) is 25.2 Å². The maximum absolute atomic E-state index is 10.5. The first kappa shape index (κ1) is 17.0. The molecule has 1 aliphatic rings. The predicted molar refractivity (Wildman–Crippen MR) is 99.3 cm³/mol. The molecule has 1 fully saturated rings. The molecule has 3 nitrogen and oxygen atoms in total. The molecule has 1 heterocycles. The lowest BCUT2D eigenvalue weighted by atomic mass is 9.93. The van der Waals surface area contributed by atoms with Gasteiger partial charge in [0.25, 0.3) is 0 Å². The summed E-state index contributed by atoms with van der Waals surface area (Å²) in [6, 6.07) is 19.3. The monoisotopic (exact) mass is 324 g/mol. The fourth-order valence-electron chi connectivity index (χ4n) is 3.93. The molecule has 128 valence electrons. The molecule has 3 rings (SSSR count). The number of likely N-dealkylation sites (N-methyl/N-ethyl adjacent to an activating group) is 1. The molecule has 0 aliphatic carbocycles. The summed E-state index contributed by atoms with van der Waals surface area (Å²) in [5, 5.41) is 10.5. The summed E-state index contributed by atoms with van der Waals surface area (Å²) in [7, 11) is 0. The van der Waals surface area contributed by atoms with Gasteiger partial charge in [0.15, 0.2) is 0 Å². The smallest absolute Gasteiger partial charge is 0.120 e. The molecule has 0 saturated carbocycles. The number of para-hydroxylation sites is 1. The third kappa shape index (κ3) is 3.33. The van der Waals surface area contributed by atoms with Gasteiger partial charge in [-0.3, -0.25) is 9.80 Å². The van der Waals surface area contributed by atoms with Gasteiger partial charge in [-0.15, -0.1) is 0 Å². The van der Waals surface area contributed by atoms with Crippen LogP contribution in [-0.2, 0) is 0 Å². The lowest BCUT2D eigenvalue weighted by Crippen LogP contribution is -2.57. The number of nitrogens with zero attached hydrogens (tertiary/aromatic N) is 2. The molecular weight excluding hydrogens is 296 g/mol. The highest BCUT2D eigenvalue weighted by Gasteiger charge is 2.34. The van der Waals surface area contributed by atoms with Crippen molar-refractivity contribution >= 4 is 0 Å². The molecule has 24 heavy (non-hydrogen) atoms. The van der Waals surface area contributed by atoms with Gasteiger partial charge in [-0.05, 0) is 32.0 Å². The van der Waals surface area contributed by atoms with Crippen LogP contribution in [0.4, 0.5) is 0 Å². The van der Waals surface area contributed by atoms with Crippen molar-refractivity contribution in [3.63, 3.8) is 0 Å². The fourth-order valence-corrected chi connectivity index (χ4v) is 3.93. The molecule has 0 aromatic heterocycles. The highest BCUT2D eigenvalue weighted by molar-refractivity contribution is 5.41. The number of hydrogen-bond donors (Lipinski definition) is 1. The Hall–Kier alpha value is -1.84. The van der Waals surface area contributed by atoms with Crippen molar-refractivity contribution in [3.05, 3.63) is 65.7 Å². The number of benzene rings is 2. The lowest BCUT2D eigenvalue weighted by molar-refractivity contribution is 0.0266. The molecular formula is C21H28N2O. The van der Waals surface area contributed by atoms with E-state index < -0.39 is 0 Å². The molecule has 0 radical (unpaired) electrons. The minimum atomic E-state index is 0.0869. The number of phenolic OH excluding ortho intramolecular Hbond substituents is 1. The fraction of sp³-hybridized carbons (Fsp3) is 0.429. The zero-order valence-corrected chi connectivity index (χ0v) is 14.9. The Bertz CT molecular complexity index is 658. The average Bonchev–Trinajstić information content (AvgIpc) is 2.60. The Labute approximate surface area is 145 Å². The molecule has 1 saturated heterocycles. The minimum absolute atomic E-state index is 0.0869. The van der Waals surface area contributed by atoms with Gasteiger partial charge in [-0.2, -0.15) is 0 Å². The average molecular weight is 324 g/mol. The summed E-state index contributed by atoms with van der Waals surface area (Å²) in [5.74, 6) is 0.379. The van der Waals surface area contributed by atoms with Gasteiger partial charge in [-0.1, -0.05) is 55.5 Å². The lowest BCUT2D eigenvalue weighted by Gasteiger charge is -2.47. The van der Waals surface area contributed by atoms with Crippen LogP contribution in [0, 0.1) is 0 Å².